The summed E-state index contributed by atoms with van der Waals surface area (Å²) in [5.41, 5.74) is -0.372. The average molecular weight is 213 g/mol. The highest BCUT2D eigenvalue weighted by molar-refractivity contribution is 5.73. The lowest BCUT2D eigenvalue weighted by atomic mass is 9.86. The number of ether oxygens (including phenoxy) is 1. The monoisotopic (exact) mass is 213 g/mol. The highest BCUT2D eigenvalue weighted by atomic mass is 16.6. The molecule has 1 aliphatic heterocycles. The maximum absolute atomic E-state index is 11.8. The van der Waals surface area contributed by atoms with Gasteiger partial charge in [0.1, 0.15) is 5.60 Å². The molecule has 3 nitrogen and oxygen atoms in total. The molecule has 1 N–H and O–H groups in total. The smallest absolute Gasteiger partial charge is 0.310 e. The normalized spacial score (nSPS) is 32.5. The minimum atomic E-state index is -0.372. The summed E-state index contributed by atoms with van der Waals surface area (Å²) < 4.78 is 5.38. The first-order valence-corrected chi connectivity index (χ1v) is 5.76. The molecule has 1 heterocycles. The molecule has 0 aromatic rings. The predicted octanol–water partition coefficient (Wildman–Crippen LogP) is 1.96. The summed E-state index contributed by atoms with van der Waals surface area (Å²) in [6.07, 6.45) is 0.934. The van der Waals surface area contributed by atoms with Crippen LogP contribution in [0.5, 0.6) is 0 Å². The van der Waals surface area contributed by atoms with Crippen LogP contribution >= 0.6 is 0 Å². The fourth-order valence-corrected chi connectivity index (χ4v) is 1.83. The van der Waals surface area contributed by atoms with E-state index in [1.807, 2.05) is 20.8 Å². The summed E-state index contributed by atoms with van der Waals surface area (Å²) in [6.45, 7) is 10.8. The standard InChI is InChI=1S/C12H23NO2/c1-8-6-10(7-13-9(8)2)11(14)15-12(3,4)5/h8-10,13H,6-7H2,1-5H3. The van der Waals surface area contributed by atoms with Gasteiger partial charge in [-0.15, -0.1) is 0 Å². The number of carbonyl (C=O) groups is 1. The molecule has 0 radical (unpaired) electrons. The van der Waals surface area contributed by atoms with Gasteiger partial charge >= 0.3 is 5.97 Å². The van der Waals surface area contributed by atoms with E-state index in [0.717, 1.165) is 13.0 Å². The molecule has 0 saturated carbocycles. The second-order valence-corrected chi connectivity index (χ2v) is 5.64. The first-order valence-electron chi connectivity index (χ1n) is 5.76. The van der Waals surface area contributed by atoms with Gasteiger partial charge in [0.2, 0.25) is 0 Å². The number of piperidine rings is 1. The summed E-state index contributed by atoms with van der Waals surface area (Å²) >= 11 is 0. The molecular weight excluding hydrogens is 190 g/mol. The van der Waals surface area contributed by atoms with Crippen molar-refractivity contribution in [2.75, 3.05) is 6.54 Å². The molecule has 1 saturated heterocycles. The lowest BCUT2D eigenvalue weighted by Crippen LogP contribution is -2.46. The van der Waals surface area contributed by atoms with Crippen LogP contribution < -0.4 is 5.32 Å². The molecule has 0 spiro atoms. The van der Waals surface area contributed by atoms with Gasteiger partial charge in [-0.2, -0.15) is 0 Å². The molecule has 15 heavy (non-hydrogen) atoms. The molecule has 1 fully saturated rings. The van der Waals surface area contributed by atoms with Gasteiger partial charge in [0.05, 0.1) is 5.92 Å². The molecule has 0 aromatic heterocycles. The van der Waals surface area contributed by atoms with Gasteiger partial charge < -0.3 is 10.1 Å². The zero-order valence-electron chi connectivity index (χ0n) is 10.5. The van der Waals surface area contributed by atoms with Crippen molar-refractivity contribution in [3.05, 3.63) is 0 Å². The van der Waals surface area contributed by atoms with Gasteiger partial charge in [0.15, 0.2) is 0 Å². The number of hydrogen-bond acceptors (Lipinski definition) is 3. The van der Waals surface area contributed by atoms with Crippen LogP contribution in [-0.2, 0) is 9.53 Å². The van der Waals surface area contributed by atoms with E-state index < -0.39 is 0 Å². The summed E-state index contributed by atoms with van der Waals surface area (Å²) in [5.74, 6) is 0.500. The number of carbonyl (C=O) groups excluding carboxylic acids is 1. The van der Waals surface area contributed by atoms with Crippen LogP contribution in [0.3, 0.4) is 0 Å². The molecule has 1 aliphatic rings. The van der Waals surface area contributed by atoms with Crippen molar-refractivity contribution in [3.63, 3.8) is 0 Å². The van der Waals surface area contributed by atoms with E-state index in [2.05, 4.69) is 19.2 Å². The fourth-order valence-electron chi connectivity index (χ4n) is 1.83. The Bertz CT molecular complexity index is 232. The van der Waals surface area contributed by atoms with Crippen molar-refractivity contribution in [1.82, 2.24) is 5.32 Å². The highest BCUT2D eigenvalue weighted by Crippen LogP contribution is 2.23. The molecule has 0 aromatic carbocycles. The van der Waals surface area contributed by atoms with Crippen LogP contribution in [0.15, 0.2) is 0 Å². The number of hydrogen-bond donors (Lipinski definition) is 1. The number of rotatable bonds is 1. The highest BCUT2D eigenvalue weighted by Gasteiger charge is 2.31. The van der Waals surface area contributed by atoms with Crippen molar-refractivity contribution in [3.8, 4) is 0 Å². The van der Waals surface area contributed by atoms with Gasteiger partial charge in [0, 0.05) is 12.6 Å². The Balaban J connectivity index is 2.48. The van der Waals surface area contributed by atoms with Gasteiger partial charge in [0.25, 0.3) is 0 Å². The Hall–Kier alpha value is -0.570. The predicted molar refractivity (Wildman–Crippen MR) is 60.6 cm³/mol. The van der Waals surface area contributed by atoms with E-state index in [4.69, 9.17) is 4.74 Å². The van der Waals surface area contributed by atoms with E-state index in [9.17, 15) is 4.79 Å². The maximum atomic E-state index is 11.8. The minimum Gasteiger partial charge on any atom is -0.460 e. The zero-order valence-corrected chi connectivity index (χ0v) is 10.5. The topological polar surface area (TPSA) is 38.3 Å². The Morgan fingerprint density at radius 3 is 2.40 bits per heavy atom. The largest absolute Gasteiger partial charge is 0.460 e. The van der Waals surface area contributed by atoms with E-state index >= 15 is 0 Å². The number of nitrogens with one attached hydrogen (secondary N) is 1. The lowest BCUT2D eigenvalue weighted by molar-refractivity contribution is -0.161. The Morgan fingerprint density at radius 2 is 1.93 bits per heavy atom. The minimum absolute atomic E-state index is 0.0235. The second-order valence-electron chi connectivity index (χ2n) is 5.64. The van der Waals surface area contributed by atoms with Crippen molar-refractivity contribution >= 4 is 5.97 Å². The molecule has 3 atom stereocenters. The van der Waals surface area contributed by atoms with E-state index in [0.29, 0.717) is 12.0 Å². The van der Waals surface area contributed by atoms with Crippen LogP contribution in [0, 0.1) is 11.8 Å². The van der Waals surface area contributed by atoms with Gasteiger partial charge in [-0.25, -0.2) is 0 Å². The summed E-state index contributed by atoms with van der Waals surface area (Å²) in [6, 6.07) is 0.503. The molecule has 1 rings (SSSR count). The fraction of sp³-hybridized carbons (Fsp3) is 0.917. The zero-order chi connectivity index (χ0) is 11.6. The SMILES string of the molecule is CC1CC(C(=O)OC(C)(C)C)CNC1C. The van der Waals surface area contributed by atoms with Crippen molar-refractivity contribution < 1.29 is 9.53 Å². The van der Waals surface area contributed by atoms with Crippen LogP contribution in [-0.4, -0.2) is 24.2 Å². The molecule has 0 amide bonds. The van der Waals surface area contributed by atoms with E-state index in [1.165, 1.54) is 0 Å². The molecular formula is C12H23NO2. The Morgan fingerprint density at radius 1 is 1.33 bits per heavy atom. The molecule has 88 valence electrons. The molecule has 3 heteroatoms. The molecule has 0 bridgehead atoms. The van der Waals surface area contributed by atoms with E-state index in [-0.39, 0.29) is 17.5 Å². The third-order valence-electron chi connectivity index (χ3n) is 2.94. The van der Waals surface area contributed by atoms with E-state index in [1.54, 1.807) is 0 Å². The quantitative estimate of drug-likeness (QED) is 0.677. The first kappa shape index (κ1) is 12.5. The summed E-state index contributed by atoms with van der Waals surface area (Å²) in [4.78, 5) is 11.8. The van der Waals surface area contributed by atoms with Crippen molar-refractivity contribution in [2.24, 2.45) is 11.8 Å². The van der Waals surface area contributed by atoms with Crippen LogP contribution in [0.25, 0.3) is 0 Å². The second kappa shape index (κ2) is 4.52. The van der Waals surface area contributed by atoms with Gasteiger partial charge in [-0.1, -0.05) is 6.92 Å². The van der Waals surface area contributed by atoms with Crippen LogP contribution in [0.1, 0.15) is 41.0 Å². The molecule has 0 aliphatic carbocycles. The summed E-state index contributed by atoms with van der Waals surface area (Å²) in [7, 11) is 0. The summed E-state index contributed by atoms with van der Waals surface area (Å²) in [5, 5.41) is 3.35. The maximum Gasteiger partial charge on any atom is 0.310 e. The third-order valence-corrected chi connectivity index (χ3v) is 2.94. The third kappa shape index (κ3) is 3.82. The van der Waals surface area contributed by atoms with Crippen molar-refractivity contribution in [1.29, 1.82) is 0 Å². The van der Waals surface area contributed by atoms with Crippen molar-refractivity contribution in [2.45, 2.75) is 52.7 Å². The van der Waals surface area contributed by atoms with Crippen LogP contribution in [0.4, 0.5) is 0 Å². The first-order chi connectivity index (χ1) is 6.79. The average Bonchev–Trinajstić information content (AvgIpc) is 2.06. The number of esters is 1. The Kier molecular flexibility index (Phi) is 3.77. The lowest BCUT2D eigenvalue weighted by Gasteiger charge is -2.33. The van der Waals surface area contributed by atoms with Crippen LogP contribution in [0.2, 0.25) is 0 Å². The van der Waals surface area contributed by atoms with Gasteiger partial charge in [-0.3, -0.25) is 4.79 Å². The molecule has 3 unspecified atom stereocenters. The van der Waals surface area contributed by atoms with Gasteiger partial charge in [-0.05, 0) is 40.0 Å². The Labute approximate surface area is 92.6 Å².